The smallest absolute Gasteiger partial charge is 0.132 e. The second-order valence-corrected chi connectivity index (χ2v) is 5.42. The van der Waals surface area contributed by atoms with E-state index in [1.54, 1.807) is 11.8 Å². The van der Waals surface area contributed by atoms with E-state index in [9.17, 15) is 4.79 Å². The molecule has 0 radical (unpaired) electrons. The lowest BCUT2D eigenvalue weighted by Crippen LogP contribution is -2.45. The summed E-state index contributed by atoms with van der Waals surface area (Å²) >= 11 is 0. The Labute approximate surface area is 103 Å². The van der Waals surface area contributed by atoms with Crippen molar-refractivity contribution in [3.63, 3.8) is 0 Å². The number of nitrogens with one attached hydrogen (secondary N) is 2. The number of carbonyl (C=O) groups excluding carboxylic acids is 1. The van der Waals surface area contributed by atoms with Crippen LogP contribution in [0.1, 0.15) is 45.4 Å². The first-order chi connectivity index (χ1) is 8.13. The van der Waals surface area contributed by atoms with Crippen molar-refractivity contribution in [3.05, 3.63) is 24.4 Å². The molecule has 3 heteroatoms. The molecule has 3 nitrogen and oxygen atoms in total. The third kappa shape index (κ3) is 2.97. The van der Waals surface area contributed by atoms with Gasteiger partial charge < -0.3 is 5.43 Å². The van der Waals surface area contributed by atoms with Crippen LogP contribution in [0.2, 0.25) is 0 Å². The number of rotatable bonds is 4. The highest BCUT2D eigenvalue weighted by Gasteiger charge is 2.32. The Bertz CT molecular complexity index is 338. The van der Waals surface area contributed by atoms with Gasteiger partial charge in [-0.25, -0.2) is 5.43 Å². The molecule has 1 unspecified atom stereocenters. The molecule has 1 saturated carbocycles. The van der Waals surface area contributed by atoms with Crippen molar-refractivity contribution in [1.82, 2.24) is 10.9 Å². The number of ketones is 1. The zero-order valence-corrected chi connectivity index (χ0v) is 10.6. The van der Waals surface area contributed by atoms with E-state index in [0.29, 0.717) is 11.7 Å². The Kier molecular flexibility index (Phi) is 3.67. The minimum atomic E-state index is 0.0327. The summed E-state index contributed by atoms with van der Waals surface area (Å²) in [5, 5.41) is 0. The fourth-order valence-corrected chi connectivity index (χ4v) is 2.90. The monoisotopic (exact) mass is 234 g/mol. The maximum Gasteiger partial charge on any atom is 0.132 e. The Balaban J connectivity index is 1.96. The van der Waals surface area contributed by atoms with Crippen LogP contribution >= 0.6 is 0 Å². The van der Waals surface area contributed by atoms with Crippen LogP contribution in [0.5, 0.6) is 0 Å². The van der Waals surface area contributed by atoms with Crippen LogP contribution in [0.3, 0.4) is 0 Å². The SMILES string of the molecule is C=CNNC1(C)C=C(C2CCC(=O)CC2)CC1. The van der Waals surface area contributed by atoms with E-state index in [-0.39, 0.29) is 5.54 Å². The Morgan fingerprint density at radius 3 is 2.76 bits per heavy atom. The normalized spacial score (nSPS) is 30.2. The summed E-state index contributed by atoms with van der Waals surface area (Å²) in [5.74, 6) is 1.08. The molecule has 1 atom stereocenters. The van der Waals surface area contributed by atoms with E-state index in [4.69, 9.17) is 0 Å². The summed E-state index contributed by atoms with van der Waals surface area (Å²) < 4.78 is 0. The van der Waals surface area contributed by atoms with Gasteiger partial charge in [-0.1, -0.05) is 18.2 Å². The van der Waals surface area contributed by atoms with E-state index in [2.05, 4.69) is 30.4 Å². The molecule has 0 saturated heterocycles. The van der Waals surface area contributed by atoms with Crippen LogP contribution in [-0.2, 0) is 4.79 Å². The highest BCUT2D eigenvalue weighted by molar-refractivity contribution is 5.79. The summed E-state index contributed by atoms with van der Waals surface area (Å²) in [5.41, 5.74) is 7.82. The Morgan fingerprint density at radius 2 is 2.12 bits per heavy atom. The summed E-state index contributed by atoms with van der Waals surface area (Å²) in [4.78, 5) is 11.2. The Hall–Kier alpha value is -1.09. The molecule has 1 fully saturated rings. The van der Waals surface area contributed by atoms with Crippen molar-refractivity contribution in [3.8, 4) is 0 Å². The first kappa shape index (κ1) is 12.4. The van der Waals surface area contributed by atoms with Gasteiger partial charge in [-0.05, 0) is 38.5 Å². The van der Waals surface area contributed by atoms with E-state index < -0.39 is 0 Å². The van der Waals surface area contributed by atoms with E-state index in [1.807, 2.05) is 0 Å². The second-order valence-electron chi connectivity index (χ2n) is 5.42. The predicted molar refractivity (Wildman–Crippen MR) is 69.2 cm³/mol. The van der Waals surface area contributed by atoms with Gasteiger partial charge >= 0.3 is 0 Å². The standard InChI is InChI=1S/C14H22N2O/c1-3-15-16-14(2)9-8-12(10-14)11-4-6-13(17)7-5-11/h3,10-11,15-16H,1,4-9H2,2H3. The van der Waals surface area contributed by atoms with Crippen molar-refractivity contribution in [2.24, 2.45) is 5.92 Å². The molecule has 0 spiro atoms. The zero-order valence-electron chi connectivity index (χ0n) is 10.6. The van der Waals surface area contributed by atoms with Crippen molar-refractivity contribution >= 4 is 5.78 Å². The molecule has 2 rings (SSSR count). The molecule has 94 valence electrons. The molecule has 0 heterocycles. The van der Waals surface area contributed by atoms with E-state index in [1.165, 1.54) is 0 Å². The van der Waals surface area contributed by atoms with Crippen molar-refractivity contribution in [2.75, 3.05) is 0 Å². The molecular weight excluding hydrogens is 212 g/mol. The topological polar surface area (TPSA) is 41.1 Å². The number of hydrogen-bond acceptors (Lipinski definition) is 3. The molecule has 0 aromatic heterocycles. The molecule has 2 aliphatic carbocycles. The first-order valence-corrected chi connectivity index (χ1v) is 6.50. The zero-order chi connectivity index (χ0) is 12.3. The van der Waals surface area contributed by atoms with Crippen LogP contribution in [0.25, 0.3) is 0 Å². The van der Waals surface area contributed by atoms with Crippen LogP contribution in [0, 0.1) is 5.92 Å². The van der Waals surface area contributed by atoms with Gasteiger partial charge in [-0.3, -0.25) is 4.79 Å². The molecule has 0 aromatic rings. The van der Waals surface area contributed by atoms with Crippen LogP contribution < -0.4 is 10.9 Å². The molecule has 0 aromatic carbocycles. The maximum atomic E-state index is 11.2. The average molecular weight is 234 g/mol. The molecule has 0 aliphatic heterocycles. The highest BCUT2D eigenvalue weighted by Crippen LogP contribution is 2.37. The second kappa shape index (κ2) is 5.05. The summed E-state index contributed by atoms with van der Waals surface area (Å²) in [6, 6.07) is 0. The minimum Gasteiger partial charge on any atom is -0.329 e. The van der Waals surface area contributed by atoms with E-state index >= 15 is 0 Å². The number of carbonyl (C=O) groups is 1. The largest absolute Gasteiger partial charge is 0.329 e. The van der Waals surface area contributed by atoms with Gasteiger partial charge in [0.25, 0.3) is 0 Å². The molecule has 0 bridgehead atoms. The van der Waals surface area contributed by atoms with Crippen LogP contribution in [0.15, 0.2) is 24.4 Å². The lowest BCUT2D eigenvalue weighted by molar-refractivity contribution is -0.120. The van der Waals surface area contributed by atoms with Gasteiger partial charge in [-0.15, -0.1) is 0 Å². The summed E-state index contributed by atoms with van der Waals surface area (Å²) in [6.45, 7) is 5.84. The number of hydrogen-bond donors (Lipinski definition) is 2. The van der Waals surface area contributed by atoms with Gasteiger partial charge in [0.2, 0.25) is 0 Å². The van der Waals surface area contributed by atoms with Gasteiger partial charge in [0.15, 0.2) is 0 Å². The lowest BCUT2D eigenvalue weighted by atomic mass is 9.83. The predicted octanol–water partition coefficient (Wildman–Crippen LogP) is 2.46. The third-order valence-corrected chi connectivity index (χ3v) is 3.96. The third-order valence-electron chi connectivity index (χ3n) is 3.96. The van der Waals surface area contributed by atoms with Crippen molar-refractivity contribution < 1.29 is 4.79 Å². The highest BCUT2D eigenvalue weighted by atomic mass is 16.1. The van der Waals surface area contributed by atoms with Crippen molar-refractivity contribution in [2.45, 2.75) is 51.0 Å². The molecule has 2 N–H and O–H groups in total. The number of allylic oxidation sites excluding steroid dienone is 1. The van der Waals surface area contributed by atoms with Gasteiger partial charge in [-0.2, -0.15) is 0 Å². The van der Waals surface area contributed by atoms with Crippen LogP contribution in [0.4, 0.5) is 0 Å². The summed E-state index contributed by atoms with van der Waals surface area (Å²) in [6.07, 6.45) is 9.94. The fraction of sp³-hybridized carbons (Fsp3) is 0.643. The Morgan fingerprint density at radius 1 is 1.41 bits per heavy atom. The number of hydrazine groups is 1. The molecule has 2 aliphatic rings. The van der Waals surface area contributed by atoms with Gasteiger partial charge in [0.1, 0.15) is 5.78 Å². The van der Waals surface area contributed by atoms with Gasteiger partial charge in [0.05, 0.1) is 5.54 Å². The summed E-state index contributed by atoms with van der Waals surface area (Å²) in [7, 11) is 0. The lowest BCUT2D eigenvalue weighted by Gasteiger charge is -2.23. The quantitative estimate of drug-likeness (QED) is 0.580. The average Bonchev–Trinajstić information content (AvgIpc) is 2.71. The van der Waals surface area contributed by atoms with Crippen molar-refractivity contribution in [1.29, 1.82) is 0 Å². The first-order valence-electron chi connectivity index (χ1n) is 6.50. The van der Waals surface area contributed by atoms with Crippen LogP contribution in [-0.4, -0.2) is 11.3 Å². The fourth-order valence-electron chi connectivity index (χ4n) is 2.90. The molecule has 0 amide bonds. The molecule has 17 heavy (non-hydrogen) atoms. The van der Waals surface area contributed by atoms with E-state index in [0.717, 1.165) is 38.5 Å². The van der Waals surface area contributed by atoms with Gasteiger partial charge in [0, 0.05) is 19.0 Å². The maximum absolute atomic E-state index is 11.2. The minimum absolute atomic E-state index is 0.0327. The molecular formula is C14H22N2O. The number of Topliss-reactive ketones (excluding diaryl/α,β-unsaturated/α-hetero) is 1.